The van der Waals surface area contributed by atoms with Gasteiger partial charge in [0.1, 0.15) is 0 Å². The van der Waals surface area contributed by atoms with Gasteiger partial charge in [-0.2, -0.15) is 15.0 Å². The third kappa shape index (κ3) is 4.81. The topological polar surface area (TPSA) is 53.5 Å². The molecule has 4 heterocycles. The molecule has 0 aliphatic carbocycles. The van der Waals surface area contributed by atoms with Gasteiger partial charge in [0.25, 0.3) is 0 Å². The maximum Gasteiger partial charge on any atom is 0.240 e. The Morgan fingerprint density at radius 1 is 0.263 bits per heavy atom. The summed E-state index contributed by atoms with van der Waals surface area (Å²) in [6.45, 7) is 0. The summed E-state index contributed by atoms with van der Waals surface area (Å²) in [5, 5.41) is 7.03. The van der Waals surface area contributed by atoms with Gasteiger partial charge in [0, 0.05) is 43.6 Å². The summed E-state index contributed by atoms with van der Waals surface area (Å²) in [7, 11) is 0. The fourth-order valence-electron chi connectivity index (χ4n) is 8.78. The maximum absolute atomic E-state index is 5.36. The monoisotopic (exact) mass is 728 g/mol. The van der Waals surface area contributed by atoms with Crippen molar-refractivity contribution in [1.29, 1.82) is 0 Å². The molecule has 57 heavy (non-hydrogen) atoms. The van der Waals surface area contributed by atoms with E-state index in [-0.39, 0.29) is 0 Å². The summed E-state index contributed by atoms with van der Waals surface area (Å²) >= 11 is 0. The van der Waals surface area contributed by atoms with Gasteiger partial charge in [-0.05, 0) is 59.7 Å². The number of hydrogen-bond acceptors (Lipinski definition) is 3. The summed E-state index contributed by atoms with van der Waals surface area (Å²) in [4.78, 5) is 15.9. The van der Waals surface area contributed by atoms with Gasteiger partial charge in [-0.3, -0.25) is 9.13 Å². The van der Waals surface area contributed by atoms with E-state index in [2.05, 4.69) is 202 Å². The van der Waals surface area contributed by atoms with E-state index in [0.29, 0.717) is 17.7 Å². The van der Waals surface area contributed by atoms with E-state index in [1.807, 2.05) is 6.07 Å². The highest BCUT2D eigenvalue weighted by Gasteiger charge is 2.21. The summed E-state index contributed by atoms with van der Waals surface area (Å²) in [5.41, 5.74) is 10.8. The van der Waals surface area contributed by atoms with Crippen LogP contribution in [0.25, 0.3) is 106 Å². The Labute approximate surface area is 327 Å². The number of fused-ring (bicyclic) bond motifs is 9. The van der Waals surface area contributed by atoms with Crippen LogP contribution in [0.3, 0.4) is 0 Å². The predicted molar refractivity (Wildman–Crippen MR) is 234 cm³/mol. The SMILES string of the molecule is c1ccc(-c2ccc(-c3nc(-n4c5ccccc5c5ccccc54)nc(-n4c5ccccc5c5cc(-n6c7ccccc7c7ccccc76)ccc54)n3)cc2)cc1. The molecule has 12 rings (SSSR count). The summed E-state index contributed by atoms with van der Waals surface area (Å²) in [5.74, 6) is 1.72. The number of nitrogens with zero attached hydrogens (tertiary/aromatic N) is 6. The first-order valence-electron chi connectivity index (χ1n) is 19.2. The summed E-state index contributed by atoms with van der Waals surface area (Å²) < 4.78 is 6.74. The molecule has 0 bridgehead atoms. The van der Waals surface area contributed by atoms with Crippen LogP contribution in [0.1, 0.15) is 0 Å². The minimum atomic E-state index is 0.555. The van der Waals surface area contributed by atoms with Gasteiger partial charge in [0.15, 0.2) is 5.82 Å². The minimum Gasteiger partial charge on any atom is -0.309 e. The molecule has 12 aromatic rings. The van der Waals surface area contributed by atoms with Gasteiger partial charge >= 0.3 is 0 Å². The van der Waals surface area contributed by atoms with Gasteiger partial charge in [0.05, 0.1) is 33.1 Å². The van der Waals surface area contributed by atoms with Crippen molar-refractivity contribution in [2.75, 3.05) is 0 Å². The number of rotatable bonds is 5. The predicted octanol–water partition coefficient (Wildman–Crippen LogP) is 12.5. The van der Waals surface area contributed by atoms with Crippen molar-refractivity contribution in [2.24, 2.45) is 0 Å². The molecule has 0 amide bonds. The van der Waals surface area contributed by atoms with Crippen molar-refractivity contribution < 1.29 is 0 Å². The maximum atomic E-state index is 5.36. The van der Waals surface area contributed by atoms with Crippen LogP contribution in [-0.2, 0) is 0 Å². The molecule has 0 N–H and O–H groups in total. The highest BCUT2D eigenvalue weighted by molar-refractivity contribution is 6.12. The van der Waals surface area contributed by atoms with Crippen molar-refractivity contribution in [3.63, 3.8) is 0 Å². The largest absolute Gasteiger partial charge is 0.309 e. The quantitative estimate of drug-likeness (QED) is 0.177. The fraction of sp³-hybridized carbons (Fsp3) is 0. The Bertz CT molecular complexity index is 3410. The van der Waals surface area contributed by atoms with Crippen LogP contribution < -0.4 is 0 Å². The Morgan fingerprint density at radius 2 is 0.632 bits per heavy atom. The van der Waals surface area contributed by atoms with E-state index in [1.165, 1.54) is 21.8 Å². The molecule has 0 radical (unpaired) electrons. The van der Waals surface area contributed by atoms with Crippen molar-refractivity contribution in [3.05, 3.63) is 194 Å². The first kappa shape index (κ1) is 31.5. The van der Waals surface area contributed by atoms with Gasteiger partial charge in [0.2, 0.25) is 11.9 Å². The van der Waals surface area contributed by atoms with E-state index in [0.717, 1.165) is 66.0 Å². The molecule has 8 aromatic carbocycles. The molecular weight excluding hydrogens is 697 g/mol. The molecule has 0 saturated carbocycles. The average molecular weight is 729 g/mol. The molecule has 0 fully saturated rings. The number of para-hydroxylation sites is 5. The first-order chi connectivity index (χ1) is 28.3. The van der Waals surface area contributed by atoms with Crippen molar-refractivity contribution in [1.82, 2.24) is 28.7 Å². The standard InChI is InChI=1S/C51H32N6/c1-2-14-33(15-3-1)34-26-28-35(29-27-34)49-52-50(56-45-23-11-6-18-39(45)40-19-7-12-24-46(40)56)54-51(53-49)57-47-25-13-8-20-41(47)42-32-36(30-31-48(42)57)55-43-21-9-4-16-37(43)38-17-5-10-22-44(38)55/h1-32H. The zero-order chi connectivity index (χ0) is 37.5. The number of hydrogen-bond donors (Lipinski definition) is 0. The molecule has 0 aliphatic heterocycles. The van der Waals surface area contributed by atoms with Crippen LogP contribution in [0.5, 0.6) is 0 Å². The molecule has 0 unspecified atom stereocenters. The van der Waals surface area contributed by atoms with Crippen molar-refractivity contribution in [3.8, 4) is 40.1 Å². The van der Waals surface area contributed by atoms with Gasteiger partial charge in [-0.15, -0.1) is 0 Å². The van der Waals surface area contributed by atoms with Crippen LogP contribution in [0, 0.1) is 0 Å². The van der Waals surface area contributed by atoms with Crippen LogP contribution in [0.2, 0.25) is 0 Å². The summed E-state index contributed by atoms with van der Waals surface area (Å²) in [6.07, 6.45) is 0. The highest BCUT2D eigenvalue weighted by Crippen LogP contribution is 2.38. The second-order valence-electron chi connectivity index (χ2n) is 14.5. The molecule has 0 saturated heterocycles. The van der Waals surface area contributed by atoms with Gasteiger partial charge in [-0.25, -0.2) is 0 Å². The van der Waals surface area contributed by atoms with Crippen LogP contribution in [0.15, 0.2) is 194 Å². The third-order valence-corrected chi connectivity index (χ3v) is 11.3. The van der Waals surface area contributed by atoms with E-state index < -0.39 is 0 Å². The Balaban J connectivity index is 1.12. The lowest BCUT2D eigenvalue weighted by molar-refractivity contribution is 0.893. The van der Waals surface area contributed by atoms with Crippen LogP contribution >= 0.6 is 0 Å². The van der Waals surface area contributed by atoms with Crippen LogP contribution in [-0.4, -0.2) is 28.7 Å². The van der Waals surface area contributed by atoms with Crippen molar-refractivity contribution >= 4 is 65.4 Å². The lowest BCUT2D eigenvalue weighted by Crippen LogP contribution is -2.10. The van der Waals surface area contributed by atoms with E-state index in [1.54, 1.807) is 0 Å². The van der Waals surface area contributed by atoms with Gasteiger partial charge in [-0.1, -0.05) is 146 Å². The lowest BCUT2D eigenvalue weighted by Gasteiger charge is -2.13. The van der Waals surface area contributed by atoms with Gasteiger partial charge < -0.3 is 4.57 Å². The molecule has 266 valence electrons. The molecule has 6 nitrogen and oxygen atoms in total. The minimum absolute atomic E-state index is 0.555. The molecule has 0 aliphatic rings. The zero-order valence-corrected chi connectivity index (χ0v) is 30.7. The first-order valence-corrected chi connectivity index (χ1v) is 19.2. The fourth-order valence-corrected chi connectivity index (χ4v) is 8.78. The second-order valence-corrected chi connectivity index (χ2v) is 14.5. The van der Waals surface area contributed by atoms with Crippen molar-refractivity contribution in [2.45, 2.75) is 0 Å². The third-order valence-electron chi connectivity index (χ3n) is 11.3. The normalized spacial score (nSPS) is 11.9. The lowest BCUT2D eigenvalue weighted by atomic mass is 10.0. The second kappa shape index (κ2) is 12.3. The highest BCUT2D eigenvalue weighted by atomic mass is 15.3. The molecule has 0 spiro atoms. The van der Waals surface area contributed by atoms with E-state index in [9.17, 15) is 0 Å². The average Bonchev–Trinajstić information content (AvgIpc) is 3.92. The smallest absolute Gasteiger partial charge is 0.240 e. The Hall–Kier alpha value is -7.83. The molecular formula is C51H32N6. The Morgan fingerprint density at radius 3 is 1.12 bits per heavy atom. The molecule has 4 aromatic heterocycles. The number of aromatic nitrogens is 6. The number of benzene rings is 8. The zero-order valence-electron chi connectivity index (χ0n) is 30.7. The Kier molecular flexibility index (Phi) is 6.83. The molecule has 6 heteroatoms. The molecule has 0 atom stereocenters. The van der Waals surface area contributed by atoms with E-state index >= 15 is 0 Å². The summed E-state index contributed by atoms with van der Waals surface area (Å²) in [6, 6.07) is 68.5. The van der Waals surface area contributed by atoms with Crippen LogP contribution in [0.4, 0.5) is 0 Å². The van der Waals surface area contributed by atoms with E-state index in [4.69, 9.17) is 15.0 Å².